The van der Waals surface area contributed by atoms with Gasteiger partial charge in [-0.1, -0.05) is 6.92 Å². The molecular formula is C17H31F3N4O2. The van der Waals surface area contributed by atoms with E-state index in [0.717, 1.165) is 45.6 Å². The van der Waals surface area contributed by atoms with Gasteiger partial charge in [-0.2, -0.15) is 13.2 Å². The number of urea groups is 1. The molecule has 1 N–H and O–H groups in total. The molecule has 0 radical (unpaired) electrons. The smallest absolute Gasteiger partial charge is 0.372 e. The zero-order valence-electron chi connectivity index (χ0n) is 15.6. The second-order valence-corrected chi connectivity index (χ2v) is 7.03. The second kappa shape index (κ2) is 10.3. The molecule has 26 heavy (non-hydrogen) atoms. The van der Waals surface area contributed by atoms with Crippen LogP contribution in [0.25, 0.3) is 0 Å². The van der Waals surface area contributed by atoms with Gasteiger partial charge in [0, 0.05) is 51.9 Å². The van der Waals surface area contributed by atoms with Gasteiger partial charge in [0.2, 0.25) is 0 Å². The van der Waals surface area contributed by atoms with Crippen LogP contribution >= 0.6 is 0 Å². The molecule has 0 saturated carbocycles. The number of rotatable bonds is 7. The third-order valence-corrected chi connectivity index (χ3v) is 4.97. The van der Waals surface area contributed by atoms with Crippen LogP contribution in [0, 0.1) is 0 Å². The van der Waals surface area contributed by atoms with Gasteiger partial charge in [0.1, 0.15) is 6.61 Å². The highest BCUT2D eigenvalue weighted by Gasteiger charge is 2.27. The molecule has 1 unspecified atom stereocenters. The van der Waals surface area contributed by atoms with Crippen LogP contribution in [0.5, 0.6) is 0 Å². The number of piperidine rings is 1. The molecule has 0 spiro atoms. The summed E-state index contributed by atoms with van der Waals surface area (Å²) in [4.78, 5) is 18.8. The lowest BCUT2D eigenvalue weighted by Crippen LogP contribution is -2.56. The van der Waals surface area contributed by atoms with E-state index in [-0.39, 0.29) is 18.7 Å². The molecule has 0 aromatic rings. The Balaban J connectivity index is 1.58. The zero-order chi connectivity index (χ0) is 19.0. The molecule has 9 heteroatoms. The monoisotopic (exact) mass is 380 g/mol. The molecule has 0 aliphatic carbocycles. The van der Waals surface area contributed by atoms with E-state index in [0.29, 0.717) is 26.1 Å². The third kappa shape index (κ3) is 7.67. The lowest BCUT2D eigenvalue weighted by molar-refractivity contribution is -0.174. The first kappa shape index (κ1) is 21.2. The van der Waals surface area contributed by atoms with E-state index >= 15 is 0 Å². The molecule has 2 amide bonds. The predicted molar refractivity (Wildman–Crippen MR) is 93.2 cm³/mol. The molecule has 1 atom stereocenters. The number of hydrogen-bond donors (Lipinski definition) is 1. The summed E-state index contributed by atoms with van der Waals surface area (Å²) in [7, 11) is 0. The third-order valence-electron chi connectivity index (χ3n) is 4.97. The Labute approximate surface area is 153 Å². The highest BCUT2D eigenvalue weighted by atomic mass is 19.4. The van der Waals surface area contributed by atoms with E-state index in [4.69, 9.17) is 0 Å². The maximum Gasteiger partial charge on any atom is 0.411 e. The number of hydrogen-bond acceptors (Lipinski definition) is 4. The van der Waals surface area contributed by atoms with Gasteiger partial charge < -0.3 is 19.9 Å². The van der Waals surface area contributed by atoms with E-state index in [9.17, 15) is 18.0 Å². The summed E-state index contributed by atoms with van der Waals surface area (Å²) in [6, 6.07) is 0.223. The minimum Gasteiger partial charge on any atom is -0.372 e. The van der Waals surface area contributed by atoms with Crippen molar-refractivity contribution in [2.75, 3.05) is 65.6 Å². The molecule has 2 aliphatic heterocycles. The number of halogens is 3. The number of ether oxygens (including phenoxy) is 1. The summed E-state index contributed by atoms with van der Waals surface area (Å²) in [6.45, 7) is 7.59. The van der Waals surface area contributed by atoms with Crippen molar-refractivity contribution in [3.8, 4) is 0 Å². The van der Waals surface area contributed by atoms with Crippen molar-refractivity contribution in [3.05, 3.63) is 0 Å². The van der Waals surface area contributed by atoms with Crippen molar-refractivity contribution < 1.29 is 22.7 Å². The van der Waals surface area contributed by atoms with Crippen LogP contribution < -0.4 is 5.32 Å². The number of carbonyl (C=O) groups is 1. The molecule has 0 aromatic carbocycles. The van der Waals surface area contributed by atoms with Gasteiger partial charge in [0.25, 0.3) is 0 Å². The molecule has 6 nitrogen and oxygen atoms in total. The minimum atomic E-state index is -4.26. The SMILES string of the molecule is CCN1CCCC(NC(=O)N2CCN(CCCOCC(F)(F)F)CC2)C1. The summed E-state index contributed by atoms with van der Waals surface area (Å²) in [6.07, 6.45) is -1.55. The first-order valence-corrected chi connectivity index (χ1v) is 9.52. The maximum atomic E-state index is 12.4. The second-order valence-electron chi connectivity index (χ2n) is 7.03. The standard InChI is InChI=1S/C17H31F3N4O2/c1-2-22-6-3-5-15(13-22)21-16(25)24-10-8-23(9-11-24)7-4-12-26-14-17(18,19)20/h15H,2-14H2,1H3,(H,21,25). The summed E-state index contributed by atoms with van der Waals surface area (Å²) >= 11 is 0. The Hall–Kier alpha value is -1.06. The van der Waals surface area contributed by atoms with E-state index in [1.54, 1.807) is 0 Å². The lowest BCUT2D eigenvalue weighted by Gasteiger charge is -2.37. The summed E-state index contributed by atoms with van der Waals surface area (Å²) in [5.74, 6) is 0. The fourth-order valence-corrected chi connectivity index (χ4v) is 3.48. The summed E-state index contributed by atoms with van der Waals surface area (Å²) < 4.78 is 40.6. The fraction of sp³-hybridized carbons (Fsp3) is 0.941. The topological polar surface area (TPSA) is 48.1 Å². The van der Waals surface area contributed by atoms with Gasteiger partial charge in [0.05, 0.1) is 0 Å². The lowest BCUT2D eigenvalue weighted by atomic mass is 10.1. The normalized spacial score (nSPS) is 23.2. The molecule has 2 heterocycles. The van der Waals surface area contributed by atoms with E-state index in [1.807, 2.05) is 4.90 Å². The number of piperazine rings is 1. The Kier molecular flexibility index (Phi) is 8.43. The van der Waals surface area contributed by atoms with Crippen molar-refractivity contribution >= 4 is 6.03 Å². The van der Waals surface area contributed by atoms with Crippen LogP contribution in [0.4, 0.5) is 18.0 Å². The van der Waals surface area contributed by atoms with Gasteiger partial charge in [0.15, 0.2) is 0 Å². The number of amides is 2. The van der Waals surface area contributed by atoms with Crippen LogP contribution in [0.3, 0.4) is 0 Å². The molecule has 152 valence electrons. The van der Waals surface area contributed by atoms with Gasteiger partial charge >= 0.3 is 12.2 Å². The van der Waals surface area contributed by atoms with Gasteiger partial charge in [-0.25, -0.2) is 4.79 Å². The molecule has 2 rings (SSSR count). The highest BCUT2D eigenvalue weighted by Crippen LogP contribution is 2.14. The largest absolute Gasteiger partial charge is 0.411 e. The number of nitrogens with zero attached hydrogens (tertiary/aromatic N) is 3. The number of carbonyl (C=O) groups excluding carboxylic acids is 1. The first-order chi connectivity index (χ1) is 12.4. The van der Waals surface area contributed by atoms with Crippen molar-refractivity contribution in [2.24, 2.45) is 0 Å². The van der Waals surface area contributed by atoms with Crippen LogP contribution in [-0.4, -0.2) is 98.5 Å². The molecule has 2 aliphatic rings. The van der Waals surface area contributed by atoms with Crippen molar-refractivity contribution in [1.29, 1.82) is 0 Å². The summed E-state index contributed by atoms with van der Waals surface area (Å²) in [5, 5.41) is 3.14. The Morgan fingerprint density at radius 1 is 1.15 bits per heavy atom. The maximum absolute atomic E-state index is 12.4. The van der Waals surface area contributed by atoms with Crippen LogP contribution in [0.2, 0.25) is 0 Å². The zero-order valence-corrected chi connectivity index (χ0v) is 15.6. The highest BCUT2D eigenvalue weighted by molar-refractivity contribution is 5.74. The van der Waals surface area contributed by atoms with Crippen molar-refractivity contribution in [3.63, 3.8) is 0 Å². The van der Waals surface area contributed by atoms with E-state index < -0.39 is 12.8 Å². The van der Waals surface area contributed by atoms with Crippen LogP contribution in [0.1, 0.15) is 26.2 Å². The number of nitrogens with one attached hydrogen (secondary N) is 1. The van der Waals surface area contributed by atoms with Crippen LogP contribution in [0.15, 0.2) is 0 Å². The number of likely N-dealkylation sites (N-methyl/N-ethyl adjacent to an activating group) is 1. The molecule has 0 aromatic heterocycles. The van der Waals surface area contributed by atoms with Crippen molar-refractivity contribution in [1.82, 2.24) is 20.0 Å². The Morgan fingerprint density at radius 2 is 1.88 bits per heavy atom. The van der Waals surface area contributed by atoms with Crippen molar-refractivity contribution in [2.45, 2.75) is 38.4 Å². The van der Waals surface area contributed by atoms with E-state index in [2.05, 4.69) is 26.8 Å². The van der Waals surface area contributed by atoms with Crippen LogP contribution in [-0.2, 0) is 4.74 Å². The quantitative estimate of drug-likeness (QED) is 0.684. The van der Waals surface area contributed by atoms with E-state index in [1.165, 1.54) is 0 Å². The minimum absolute atomic E-state index is 0.00103. The number of likely N-dealkylation sites (tertiary alicyclic amines) is 1. The number of alkyl halides is 3. The van der Waals surface area contributed by atoms with Gasteiger partial charge in [-0.15, -0.1) is 0 Å². The first-order valence-electron chi connectivity index (χ1n) is 9.52. The van der Waals surface area contributed by atoms with Gasteiger partial charge in [-0.05, 0) is 32.4 Å². The molecule has 2 saturated heterocycles. The predicted octanol–water partition coefficient (Wildman–Crippen LogP) is 1.77. The summed E-state index contributed by atoms with van der Waals surface area (Å²) in [5.41, 5.74) is 0. The average Bonchev–Trinajstić information content (AvgIpc) is 2.61. The molecular weight excluding hydrogens is 349 g/mol. The Morgan fingerprint density at radius 3 is 2.54 bits per heavy atom. The fourth-order valence-electron chi connectivity index (χ4n) is 3.48. The molecule has 0 bridgehead atoms. The Bertz CT molecular complexity index is 429. The average molecular weight is 380 g/mol. The molecule has 2 fully saturated rings. The van der Waals surface area contributed by atoms with Gasteiger partial charge in [-0.3, -0.25) is 4.90 Å².